The van der Waals surface area contributed by atoms with Gasteiger partial charge in [0, 0.05) is 25.2 Å². The van der Waals surface area contributed by atoms with Crippen molar-refractivity contribution in [2.45, 2.75) is 46.1 Å². The Bertz CT molecular complexity index is 403. The molecule has 2 rings (SSSR count). The molecule has 0 spiro atoms. The van der Waals surface area contributed by atoms with Crippen molar-refractivity contribution in [1.29, 1.82) is 0 Å². The molecule has 1 fully saturated rings. The average molecular weight is 248 g/mol. The second-order valence-corrected chi connectivity index (χ2v) is 5.27. The summed E-state index contributed by atoms with van der Waals surface area (Å²) in [6.45, 7) is 7.89. The summed E-state index contributed by atoms with van der Waals surface area (Å²) in [5.41, 5.74) is 1.24. The first-order valence-electron chi connectivity index (χ1n) is 6.97. The highest BCUT2D eigenvalue weighted by Crippen LogP contribution is 2.32. The molecule has 2 heterocycles. The highest BCUT2D eigenvalue weighted by Gasteiger charge is 2.29. The van der Waals surface area contributed by atoms with Crippen molar-refractivity contribution >= 4 is 11.6 Å². The van der Waals surface area contributed by atoms with E-state index >= 15 is 0 Å². The van der Waals surface area contributed by atoms with Crippen LogP contribution in [0.5, 0.6) is 0 Å². The van der Waals surface area contributed by atoms with Gasteiger partial charge in [0.2, 0.25) is 0 Å². The minimum atomic E-state index is 0.620. The molecule has 100 valence electrons. The molecule has 4 heteroatoms. The van der Waals surface area contributed by atoms with Gasteiger partial charge in [-0.15, -0.1) is 0 Å². The molecule has 0 bridgehead atoms. The summed E-state index contributed by atoms with van der Waals surface area (Å²) in [5, 5.41) is 3.18. The number of aromatic nitrogens is 2. The molecular formula is C14H24N4. The molecular weight excluding hydrogens is 224 g/mol. The van der Waals surface area contributed by atoms with Crippen molar-refractivity contribution in [1.82, 2.24) is 9.97 Å². The molecule has 1 atom stereocenters. The number of anilines is 2. The van der Waals surface area contributed by atoms with Crippen molar-refractivity contribution in [2.75, 3.05) is 23.8 Å². The molecule has 1 aliphatic rings. The topological polar surface area (TPSA) is 41.1 Å². The van der Waals surface area contributed by atoms with Crippen LogP contribution in [0.25, 0.3) is 0 Å². The first-order chi connectivity index (χ1) is 8.69. The average Bonchev–Trinajstić information content (AvgIpc) is 2.86. The summed E-state index contributed by atoms with van der Waals surface area (Å²) >= 11 is 0. The van der Waals surface area contributed by atoms with Crippen LogP contribution in [0, 0.1) is 5.92 Å². The first kappa shape index (κ1) is 13.1. The Balaban J connectivity index is 2.38. The molecule has 18 heavy (non-hydrogen) atoms. The molecule has 1 saturated heterocycles. The Morgan fingerprint density at radius 3 is 2.83 bits per heavy atom. The third-order valence-electron chi connectivity index (χ3n) is 3.85. The van der Waals surface area contributed by atoms with E-state index in [4.69, 9.17) is 0 Å². The summed E-state index contributed by atoms with van der Waals surface area (Å²) in [7, 11) is 1.93. The fraction of sp³-hybridized carbons (Fsp3) is 0.714. The number of rotatable bonds is 4. The second-order valence-electron chi connectivity index (χ2n) is 5.27. The van der Waals surface area contributed by atoms with E-state index in [1.54, 1.807) is 6.33 Å². The van der Waals surface area contributed by atoms with E-state index in [0.29, 0.717) is 12.0 Å². The fourth-order valence-electron chi connectivity index (χ4n) is 2.94. The molecule has 0 radical (unpaired) electrons. The zero-order chi connectivity index (χ0) is 13.1. The Hall–Kier alpha value is -1.32. The first-order valence-corrected chi connectivity index (χ1v) is 6.97. The van der Waals surface area contributed by atoms with Gasteiger partial charge in [0.25, 0.3) is 0 Å². The lowest BCUT2D eigenvalue weighted by molar-refractivity contribution is 0.488. The fourth-order valence-corrected chi connectivity index (χ4v) is 2.94. The number of nitrogens with zero attached hydrogens (tertiary/aromatic N) is 3. The maximum atomic E-state index is 4.55. The van der Waals surface area contributed by atoms with Crippen molar-refractivity contribution < 1.29 is 0 Å². The predicted molar refractivity (Wildman–Crippen MR) is 76.2 cm³/mol. The van der Waals surface area contributed by atoms with Crippen LogP contribution in [0.3, 0.4) is 0 Å². The molecule has 1 N–H and O–H groups in total. The normalized spacial score (nSPS) is 19.6. The molecule has 1 aliphatic heterocycles. The lowest BCUT2D eigenvalue weighted by Crippen LogP contribution is -2.34. The second kappa shape index (κ2) is 5.55. The number of hydrogen-bond donors (Lipinski definition) is 1. The van der Waals surface area contributed by atoms with E-state index in [0.717, 1.165) is 24.6 Å². The molecule has 1 aromatic rings. The zero-order valence-electron chi connectivity index (χ0n) is 11.9. The van der Waals surface area contributed by atoms with E-state index in [1.165, 1.54) is 18.4 Å². The maximum Gasteiger partial charge on any atom is 0.137 e. The van der Waals surface area contributed by atoms with Gasteiger partial charge < -0.3 is 10.2 Å². The molecule has 0 amide bonds. The monoisotopic (exact) mass is 248 g/mol. The smallest absolute Gasteiger partial charge is 0.137 e. The number of hydrogen-bond acceptors (Lipinski definition) is 4. The van der Waals surface area contributed by atoms with E-state index in [2.05, 4.69) is 41.0 Å². The highest BCUT2D eigenvalue weighted by molar-refractivity contribution is 5.59. The van der Waals surface area contributed by atoms with Crippen molar-refractivity contribution in [3.8, 4) is 0 Å². The summed E-state index contributed by atoms with van der Waals surface area (Å²) in [4.78, 5) is 11.3. The SMILES string of the molecule is CCc1c(NC)ncnc1N1CCCC1C(C)C. The Labute approximate surface area is 110 Å². The molecule has 0 aliphatic carbocycles. The van der Waals surface area contributed by atoms with Gasteiger partial charge in [-0.1, -0.05) is 20.8 Å². The largest absolute Gasteiger partial charge is 0.373 e. The predicted octanol–water partition coefficient (Wildman–Crippen LogP) is 2.71. The summed E-state index contributed by atoms with van der Waals surface area (Å²) in [6, 6.07) is 0.620. The summed E-state index contributed by atoms with van der Waals surface area (Å²) in [5.74, 6) is 2.77. The van der Waals surface area contributed by atoms with Crippen LogP contribution >= 0.6 is 0 Å². The van der Waals surface area contributed by atoms with Crippen LogP contribution in [0.2, 0.25) is 0 Å². The van der Waals surface area contributed by atoms with Crippen molar-refractivity contribution in [3.63, 3.8) is 0 Å². The highest BCUT2D eigenvalue weighted by atomic mass is 15.2. The lowest BCUT2D eigenvalue weighted by Gasteiger charge is -2.30. The van der Waals surface area contributed by atoms with E-state index < -0.39 is 0 Å². The van der Waals surface area contributed by atoms with Gasteiger partial charge in [-0.2, -0.15) is 0 Å². The molecule has 0 saturated carbocycles. The van der Waals surface area contributed by atoms with Crippen molar-refractivity contribution in [3.05, 3.63) is 11.9 Å². The van der Waals surface area contributed by atoms with Crippen LogP contribution in [0.15, 0.2) is 6.33 Å². The Kier molecular flexibility index (Phi) is 4.04. The van der Waals surface area contributed by atoms with Crippen molar-refractivity contribution in [2.24, 2.45) is 5.92 Å². The van der Waals surface area contributed by atoms with Gasteiger partial charge in [0.1, 0.15) is 18.0 Å². The Morgan fingerprint density at radius 1 is 1.44 bits per heavy atom. The third-order valence-corrected chi connectivity index (χ3v) is 3.85. The molecule has 4 nitrogen and oxygen atoms in total. The van der Waals surface area contributed by atoms with Gasteiger partial charge in [0.15, 0.2) is 0 Å². The maximum absolute atomic E-state index is 4.55. The van der Waals surface area contributed by atoms with Crippen LogP contribution in [-0.4, -0.2) is 29.6 Å². The minimum Gasteiger partial charge on any atom is -0.373 e. The standard InChI is InChI=1S/C14H24N4/c1-5-11-13(15-4)16-9-17-14(11)18-8-6-7-12(18)10(2)3/h9-10,12H,5-8H2,1-4H3,(H,15,16,17). The van der Waals surface area contributed by atoms with Gasteiger partial charge >= 0.3 is 0 Å². The quantitative estimate of drug-likeness (QED) is 0.889. The van der Waals surface area contributed by atoms with Crippen LogP contribution < -0.4 is 10.2 Å². The van der Waals surface area contributed by atoms with Gasteiger partial charge in [0.05, 0.1) is 0 Å². The third kappa shape index (κ3) is 2.28. The van der Waals surface area contributed by atoms with Crippen LogP contribution in [0.1, 0.15) is 39.2 Å². The minimum absolute atomic E-state index is 0.620. The summed E-state index contributed by atoms with van der Waals surface area (Å²) in [6.07, 6.45) is 5.19. The van der Waals surface area contributed by atoms with E-state index in [1.807, 2.05) is 7.05 Å². The van der Waals surface area contributed by atoms with E-state index in [-0.39, 0.29) is 0 Å². The Morgan fingerprint density at radius 2 is 2.22 bits per heavy atom. The van der Waals surface area contributed by atoms with Crippen LogP contribution in [-0.2, 0) is 6.42 Å². The number of nitrogens with one attached hydrogen (secondary N) is 1. The van der Waals surface area contributed by atoms with Gasteiger partial charge in [-0.05, 0) is 25.2 Å². The lowest BCUT2D eigenvalue weighted by atomic mass is 10.0. The summed E-state index contributed by atoms with van der Waals surface area (Å²) < 4.78 is 0. The molecule has 1 unspecified atom stereocenters. The molecule has 0 aromatic carbocycles. The van der Waals surface area contributed by atoms with E-state index in [9.17, 15) is 0 Å². The van der Waals surface area contributed by atoms with Crippen LogP contribution in [0.4, 0.5) is 11.6 Å². The van der Waals surface area contributed by atoms with Gasteiger partial charge in [-0.3, -0.25) is 0 Å². The zero-order valence-corrected chi connectivity index (χ0v) is 11.9. The van der Waals surface area contributed by atoms with Gasteiger partial charge in [-0.25, -0.2) is 9.97 Å². The molecule has 1 aromatic heterocycles.